The number of hydrogen-bond acceptors (Lipinski definition) is 6. The number of nitrogens with one attached hydrogen (secondary N) is 1. The Morgan fingerprint density at radius 2 is 1.88 bits per heavy atom. The molecule has 0 aliphatic rings. The van der Waals surface area contributed by atoms with Crippen LogP contribution < -0.4 is 15.8 Å². The molecule has 2 aromatic carbocycles. The molecule has 3 rings (SSSR count). The van der Waals surface area contributed by atoms with Crippen LogP contribution in [0.3, 0.4) is 0 Å². The van der Waals surface area contributed by atoms with Gasteiger partial charge in [-0.25, -0.2) is 4.98 Å². The van der Waals surface area contributed by atoms with Crippen LogP contribution in [0.1, 0.15) is 36.7 Å². The first-order valence-electron chi connectivity index (χ1n) is 10.9. The number of aliphatic hydroxyl groups is 1. The number of pyridine rings is 1. The summed E-state index contributed by atoms with van der Waals surface area (Å²) < 4.78 is 5.47. The summed E-state index contributed by atoms with van der Waals surface area (Å²) in [6, 6.07) is 18.1. The molecular weight excluding hydrogens is 450 g/mol. The number of benzene rings is 2. The highest BCUT2D eigenvalue weighted by molar-refractivity contribution is 8.01. The zero-order valence-corrected chi connectivity index (χ0v) is 19.7. The van der Waals surface area contributed by atoms with E-state index in [1.807, 2.05) is 30.3 Å². The minimum atomic E-state index is -1.75. The number of para-hydroxylation sites is 1. The lowest BCUT2D eigenvalue weighted by molar-refractivity contribution is -0.128. The Bertz CT molecular complexity index is 1200. The third-order valence-corrected chi connectivity index (χ3v) is 6.29. The summed E-state index contributed by atoms with van der Waals surface area (Å²) >= 11 is 0.999. The van der Waals surface area contributed by atoms with E-state index >= 15 is 0 Å². The number of aromatic nitrogens is 1. The van der Waals surface area contributed by atoms with E-state index in [1.165, 1.54) is 0 Å². The normalized spacial score (nSPS) is 12.3. The molecular formula is C26H27N3O4S. The van der Waals surface area contributed by atoms with Crippen LogP contribution in [-0.2, 0) is 4.79 Å². The molecule has 0 aliphatic heterocycles. The molecule has 8 heteroatoms. The summed E-state index contributed by atoms with van der Waals surface area (Å²) in [7, 11) is 0. The predicted octanol–water partition coefficient (Wildman–Crippen LogP) is 3.50. The van der Waals surface area contributed by atoms with E-state index in [0.717, 1.165) is 22.7 Å². The lowest BCUT2D eigenvalue weighted by Crippen LogP contribution is -2.40. The van der Waals surface area contributed by atoms with E-state index in [9.17, 15) is 14.7 Å². The van der Waals surface area contributed by atoms with Gasteiger partial charge in [0.05, 0.1) is 5.52 Å². The number of ether oxygens (including phenoxy) is 1. The van der Waals surface area contributed by atoms with E-state index < -0.39 is 10.8 Å². The number of carbonyl (C=O) groups is 2. The Morgan fingerprint density at radius 1 is 1.12 bits per heavy atom. The number of unbranched alkanes of at least 4 members (excludes halogenated alkanes) is 1. The maximum Gasteiger partial charge on any atom is 0.269 e. The first kappa shape index (κ1) is 25.1. The summed E-state index contributed by atoms with van der Waals surface area (Å²) in [5, 5.41) is 14.6. The molecule has 7 nitrogen and oxygen atoms in total. The molecule has 176 valence electrons. The number of carbonyl (C=O) groups excluding carboxylic acids is 2. The molecule has 1 unspecified atom stereocenters. The maximum atomic E-state index is 12.4. The van der Waals surface area contributed by atoms with Crippen LogP contribution in [0, 0.1) is 11.8 Å². The zero-order chi connectivity index (χ0) is 24.4. The van der Waals surface area contributed by atoms with Gasteiger partial charge in [-0.15, -0.1) is 5.92 Å². The van der Waals surface area contributed by atoms with Crippen LogP contribution in [0.25, 0.3) is 10.9 Å². The Kier molecular flexibility index (Phi) is 8.91. The number of hydrogen-bond donors (Lipinski definition) is 3. The second-order valence-corrected chi connectivity index (χ2v) is 8.89. The van der Waals surface area contributed by atoms with Gasteiger partial charge in [-0.3, -0.25) is 9.59 Å². The number of amides is 2. The second-order valence-electron chi connectivity index (χ2n) is 7.54. The summed E-state index contributed by atoms with van der Waals surface area (Å²) in [5.41, 5.74) is 6.59. The van der Waals surface area contributed by atoms with Crippen molar-refractivity contribution < 1.29 is 19.4 Å². The average Bonchev–Trinajstić information content (AvgIpc) is 2.84. The summed E-state index contributed by atoms with van der Waals surface area (Å²) in [6.07, 6.45) is 1.22. The lowest BCUT2D eigenvalue weighted by atomic mass is 10.1. The molecule has 1 atom stereocenters. The van der Waals surface area contributed by atoms with Gasteiger partial charge in [-0.1, -0.05) is 41.9 Å². The first-order valence-corrected chi connectivity index (χ1v) is 11.7. The molecule has 0 saturated carbocycles. The fourth-order valence-electron chi connectivity index (χ4n) is 3.19. The molecule has 0 radical (unpaired) electrons. The first-order chi connectivity index (χ1) is 16.4. The number of primary amides is 1. The fraction of sp³-hybridized carbons (Fsp3) is 0.269. The van der Waals surface area contributed by atoms with Crippen molar-refractivity contribution in [3.63, 3.8) is 0 Å². The van der Waals surface area contributed by atoms with Crippen LogP contribution in [-0.4, -0.2) is 40.0 Å². The summed E-state index contributed by atoms with van der Waals surface area (Å²) in [4.78, 5) is 27.7. The smallest absolute Gasteiger partial charge is 0.269 e. The van der Waals surface area contributed by atoms with Crippen molar-refractivity contribution in [2.75, 3.05) is 13.2 Å². The minimum absolute atomic E-state index is 0.154. The predicted molar refractivity (Wildman–Crippen MR) is 133 cm³/mol. The Hall–Kier alpha value is -3.54. The van der Waals surface area contributed by atoms with Gasteiger partial charge in [-0.2, -0.15) is 0 Å². The molecule has 0 aliphatic carbocycles. The Morgan fingerprint density at radius 3 is 2.62 bits per heavy atom. The van der Waals surface area contributed by atoms with Gasteiger partial charge in [-0.05, 0) is 62.6 Å². The number of thioether (sulfide) groups is 1. The van der Waals surface area contributed by atoms with Gasteiger partial charge in [0.15, 0.2) is 4.93 Å². The second kappa shape index (κ2) is 12.1. The largest absolute Gasteiger partial charge is 0.481 e. The molecule has 4 N–H and O–H groups in total. The zero-order valence-electron chi connectivity index (χ0n) is 18.9. The molecule has 1 aromatic heterocycles. The molecule has 34 heavy (non-hydrogen) atoms. The van der Waals surface area contributed by atoms with Gasteiger partial charge < -0.3 is 20.9 Å². The molecule has 0 bridgehead atoms. The number of fused-ring (bicyclic) bond motifs is 1. The Balaban J connectivity index is 1.47. The molecule has 0 spiro atoms. The fourth-order valence-corrected chi connectivity index (χ4v) is 4.20. The molecule has 1 heterocycles. The van der Waals surface area contributed by atoms with E-state index in [0.29, 0.717) is 42.3 Å². The van der Waals surface area contributed by atoms with Crippen LogP contribution in [0.5, 0.6) is 5.75 Å². The van der Waals surface area contributed by atoms with Crippen LogP contribution in [0.15, 0.2) is 65.6 Å². The van der Waals surface area contributed by atoms with E-state index in [1.54, 1.807) is 37.3 Å². The van der Waals surface area contributed by atoms with E-state index in [4.69, 9.17) is 10.5 Å². The minimum Gasteiger partial charge on any atom is -0.481 e. The van der Waals surface area contributed by atoms with Gasteiger partial charge >= 0.3 is 0 Å². The van der Waals surface area contributed by atoms with Crippen LogP contribution >= 0.6 is 11.8 Å². The standard InChI is InChI=1S/C26H27N3O4S/c1-2-3-18-33-20-11-13-21(14-12-20)34-26(32,25(27)31)16-6-7-17-28-24(30)23-15-10-19-8-4-5-9-22(19)29-23/h4-5,8-15,32H,6-7,16-18H2,1H3,(H2,27,31)(H,28,30). The van der Waals surface area contributed by atoms with Crippen molar-refractivity contribution in [2.24, 2.45) is 5.73 Å². The highest BCUT2D eigenvalue weighted by Crippen LogP contribution is 2.35. The van der Waals surface area contributed by atoms with Crippen molar-refractivity contribution >= 4 is 34.5 Å². The average molecular weight is 478 g/mol. The van der Waals surface area contributed by atoms with Crippen LogP contribution in [0.4, 0.5) is 0 Å². The van der Waals surface area contributed by atoms with Gasteiger partial charge in [0.1, 0.15) is 18.1 Å². The van der Waals surface area contributed by atoms with Crippen molar-refractivity contribution in [1.29, 1.82) is 0 Å². The quantitative estimate of drug-likeness (QED) is 0.169. The third kappa shape index (κ3) is 6.98. The van der Waals surface area contributed by atoms with Gasteiger partial charge in [0.25, 0.3) is 11.8 Å². The highest BCUT2D eigenvalue weighted by atomic mass is 32.2. The number of nitrogens with two attached hydrogens (primary N) is 1. The molecule has 0 fully saturated rings. The molecule has 3 aromatic rings. The summed E-state index contributed by atoms with van der Waals surface area (Å²) in [5.74, 6) is 5.14. The third-order valence-electron chi connectivity index (χ3n) is 5.04. The monoisotopic (exact) mass is 477 g/mol. The number of rotatable bonds is 11. The highest BCUT2D eigenvalue weighted by Gasteiger charge is 2.34. The van der Waals surface area contributed by atoms with Crippen molar-refractivity contribution in [2.45, 2.75) is 36.0 Å². The lowest BCUT2D eigenvalue weighted by Gasteiger charge is -2.24. The van der Waals surface area contributed by atoms with Gasteiger partial charge in [0.2, 0.25) is 0 Å². The van der Waals surface area contributed by atoms with Crippen LogP contribution in [0.2, 0.25) is 0 Å². The number of nitrogens with zero attached hydrogens (tertiary/aromatic N) is 1. The SMILES string of the molecule is CC#CCOc1ccc(SC(O)(CCCCNC(=O)c2ccc3ccccc3n2)C(N)=O)cc1. The van der Waals surface area contributed by atoms with Crippen molar-refractivity contribution in [3.05, 3.63) is 66.4 Å². The van der Waals surface area contributed by atoms with Gasteiger partial charge in [0, 0.05) is 16.8 Å². The summed E-state index contributed by atoms with van der Waals surface area (Å²) in [6.45, 7) is 2.42. The topological polar surface area (TPSA) is 115 Å². The van der Waals surface area contributed by atoms with Crippen molar-refractivity contribution in [3.8, 4) is 17.6 Å². The molecule has 2 amide bonds. The maximum absolute atomic E-state index is 12.4. The molecule has 0 saturated heterocycles. The van der Waals surface area contributed by atoms with Crippen molar-refractivity contribution in [1.82, 2.24) is 10.3 Å². The Labute approximate surface area is 203 Å². The van der Waals surface area contributed by atoms with E-state index in [-0.39, 0.29) is 12.3 Å². The van der Waals surface area contributed by atoms with E-state index in [2.05, 4.69) is 22.1 Å².